The van der Waals surface area contributed by atoms with Crippen molar-refractivity contribution in [3.63, 3.8) is 0 Å². The third-order valence-electron chi connectivity index (χ3n) is 12.6. The minimum Gasteiger partial charge on any atom is -0.449 e. The quantitative estimate of drug-likeness (QED) is 0.243. The van der Waals surface area contributed by atoms with Gasteiger partial charge in [-0.2, -0.15) is 5.10 Å². The van der Waals surface area contributed by atoms with Crippen LogP contribution >= 0.6 is 11.8 Å². The van der Waals surface area contributed by atoms with E-state index in [1.165, 1.54) is 0 Å². The molecule has 0 aliphatic heterocycles. The molecule has 3 fully saturated rings. The highest BCUT2D eigenvalue weighted by molar-refractivity contribution is 8.13. The number of aromatic nitrogens is 2. The molecule has 1 aromatic heterocycles. The Labute approximate surface area is 289 Å². The number of alkyl halides is 2. The maximum Gasteiger partial charge on any atom is 0.306 e. The lowest BCUT2D eigenvalue weighted by atomic mass is 9.44. The van der Waals surface area contributed by atoms with Crippen LogP contribution in [-0.2, 0) is 25.5 Å². The maximum absolute atomic E-state index is 18.3. The molecule has 3 N–H and O–H groups in total. The number of nitrogens with two attached hydrogens (primary N) is 1. The van der Waals surface area contributed by atoms with E-state index in [1.54, 1.807) is 42.9 Å². The molecule has 0 unspecified atom stereocenters. The predicted molar refractivity (Wildman–Crippen MR) is 181 cm³/mol. The van der Waals surface area contributed by atoms with Gasteiger partial charge in [0.05, 0.1) is 23.7 Å². The largest absolute Gasteiger partial charge is 0.449 e. The summed E-state index contributed by atoms with van der Waals surface area (Å²) in [5.74, 6) is -3.47. The fourth-order valence-electron chi connectivity index (χ4n) is 9.99. The monoisotopic (exact) mass is 697 g/mol. The van der Waals surface area contributed by atoms with Gasteiger partial charge in [-0.3, -0.25) is 19.2 Å². The minimum absolute atomic E-state index is 0.00962. The van der Waals surface area contributed by atoms with Crippen molar-refractivity contribution in [2.75, 3.05) is 6.01 Å². The number of rotatable bonds is 9. The van der Waals surface area contributed by atoms with E-state index in [1.807, 2.05) is 32.9 Å². The summed E-state index contributed by atoms with van der Waals surface area (Å²) in [6, 6.07) is 6.00. The van der Waals surface area contributed by atoms with Gasteiger partial charge in [-0.25, -0.2) is 13.5 Å². The van der Waals surface area contributed by atoms with Crippen molar-refractivity contribution >= 4 is 40.6 Å². The van der Waals surface area contributed by atoms with E-state index < -0.39 is 74.9 Å². The first-order valence-corrected chi connectivity index (χ1v) is 18.1. The Morgan fingerprint density at radius 2 is 1.96 bits per heavy atom. The zero-order valence-electron chi connectivity index (χ0n) is 28.6. The molecule has 0 spiro atoms. The van der Waals surface area contributed by atoms with Gasteiger partial charge >= 0.3 is 5.97 Å². The van der Waals surface area contributed by atoms with E-state index in [0.29, 0.717) is 42.3 Å². The van der Waals surface area contributed by atoms with E-state index in [0.717, 1.165) is 16.8 Å². The molecule has 1 amide bonds. The van der Waals surface area contributed by atoms with E-state index >= 15 is 4.39 Å². The third-order valence-corrected chi connectivity index (χ3v) is 13.2. The average molecular weight is 698 g/mol. The Morgan fingerprint density at radius 3 is 2.63 bits per heavy atom. The van der Waals surface area contributed by atoms with Gasteiger partial charge in [0.1, 0.15) is 11.7 Å². The van der Waals surface area contributed by atoms with Gasteiger partial charge in [-0.1, -0.05) is 52.3 Å². The highest BCUT2D eigenvalue weighted by Crippen LogP contribution is 2.72. The number of ether oxygens (including phenoxy) is 1. The summed E-state index contributed by atoms with van der Waals surface area (Å²) in [4.78, 5) is 51.0. The number of carbonyl (C=O) groups is 4. The molecule has 2 aromatic rings. The van der Waals surface area contributed by atoms with Crippen molar-refractivity contribution in [3.8, 4) is 5.69 Å². The molecule has 264 valence electrons. The van der Waals surface area contributed by atoms with Gasteiger partial charge < -0.3 is 15.6 Å². The molecule has 0 radical (unpaired) electrons. The van der Waals surface area contributed by atoms with Crippen molar-refractivity contribution in [2.45, 2.75) is 96.9 Å². The molecule has 9 nitrogen and oxygen atoms in total. The normalized spacial score (nSPS) is 35.2. The molecule has 0 bridgehead atoms. The molecule has 9 atom stereocenters. The van der Waals surface area contributed by atoms with Crippen molar-refractivity contribution < 1.29 is 37.8 Å². The number of allylic oxidation sites excluding steroid dienone is 1. The molecule has 1 aromatic carbocycles. The summed E-state index contributed by atoms with van der Waals surface area (Å²) in [5.41, 5.74) is 2.91. The number of fused-ring (bicyclic) bond motifs is 6. The second-order valence-electron chi connectivity index (χ2n) is 15.0. The summed E-state index contributed by atoms with van der Waals surface area (Å²) in [7, 11) is 0. The summed E-state index contributed by atoms with van der Waals surface area (Å²) in [5, 5.41) is 16.1. The second-order valence-corrected chi connectivity index (χ2v) is 15.9. The van der Waals surface area contributed by atoms with Gasteiger partial charge in [-0.15, -0.1) is 0 Å². The van der Waals surface area contributed by atoms with Crippen LogP contribution in [0.1, 0.15) is 94.8 Å². The average Bonchev–Trinajstić information content (AvgIpc) is 3.56. The van der Waals surface area contributed by atoms with Crippen LogP contribution in [0.25, 0.3) is 11.8 Å². The van der Waals surface area contributed by atoms with Crippen LogP contribution < -0.4 is 5.73 Å². The SMILES string of the molecule is CCC(=O)O[C@]1(C(=O)SCF)[C@H](C)C[C@H]2[C@@H]3CCC4=Cc5c(cnn5-c5cccc(C(=O)C[C@H](C)C(N)=O)c5)C[C@]4(C)[C@@]3(F)[C@@H](O)C[C@@]21C. The summed E-state index contributed by atoms with van der Waals surface area (Å²) in [6.45, 7) is 8.73. The van der Waals surface area contributed by atoms with Gasteiger partial charge in [0, 0.05) is 47.0 Å². The number of primary amides is 1. The lowest BCUT2D eigenvalue weighted by Crippen LogP contribution is -2.70. The highest BCUT2D eigenvalue weighted by atomic mass is 32.2. The van der Waals surface area contributed by atoms with Crippen molar-refractivity contribution in [2.24, 2.45) is 40.2 Å². The van der Waals surface area contributed by atoms with Crippen molar-refractivity contribution in [1.29, 1.82) is 0 Å². The number of Topliss-reactive ketones (excluding diaryl/α,β-unsaturated/α-hetero) is 1. The molecule has 0 saturated heterocycles. The second kappa shape index (κ2) is 12.4. The zero-order valence-corrected chi connectivity index (χ0v) is 29.4. The van der Waals surface area contributed by atoms with Crippen molar-refractivity contribution in [1.82, 2.24) is 9.78 Å². The smallest absolute Gasteiger partial charge is 0.306 e. The molecule has 49 heavy (non-hydrogen) atoms. The Balaban J connectivity index is 1.35. The number of aliphatic hydroxyl groups is 1. The van der Waals surface area contributed by atoms with E-state index in [2.05, 4.69) is 5.10 Å². The van der Waals surface area contributed by atoms with Crippen LogP contribution in [-0.4, -0.2) is 61.0 Å². The molecule has 4 aliphatic rings. The number of carbonyl (C=O) groups excluding carboxylic acids is 4. The Bertz CT molecular complexity index is 1750. The highest BCUT2D eigenvalue weighted by Gasteiger charge is 2.77. The first-order valence-electron chi connectivity index (χ1n) is 17.1. The molecule has 6 rings (SSSR count). The molecule has 4 aliphatic carbocycles. The number of amides is 1. The number of thioether (sulfide) groups is 1. The number of ketones is 1. The maximum atomic E-state index is 18.3. The fourth-order valence-corrected chi connectivity index (χ4v) is 10.8. The molecular formula is C37H45F2N3O6S. The number of hydrogen-bond acceptors (Lipinski definition) is 8. The number of halogens is 2. The summed E-state index contributed by atoms with van der Waals surface area (Å²) < 4.78 is 39.6. The van der Waals surface area contributed by atoms with Gasteiger partial charge in [-0.05, 0) is 73.6 Å². The van der Waals surface area contributed by atoms with Crippen molar-refractivity contribution in [3.05, 3.63) is 52.9 Å². The predicted octanol–water partition coefficient (Wildman–Crippen LogP) is 5.94. The van der Waals surface area contributed by atoms with E-state index in [-0.39, 0.29) is 31.5 Å². The summed E-state index contributed by atoms with van der Waals surface area (Å²) >= 11 is 0.470. The number of hydrogen-bond donors (Lipinski definition) is 2. The number of esters is 1. The number of aliphatic hydroxyl groups excluding tert-OH is 1. The van der Waals surface area contributed by atoms with Crippen LogP contribution in [0.3, 0.4) is 0 Å². The number of nitrogens with zero attached hydrogens (tertiary/aromatic N) is 2. The Hall–Kier alpha value is -3.38. The molecule has 12 heteroatoms. The van der Waals surface area contributed by atoms with E-state index in [4.69, 9.17) is 10.5 Å². The van der Waals surface area contributed by atoms with Gasteiger partial charge in [0.25, 0.3) is 0 Å². The van der Waals surface area contributed by atoms with Crippen LogP contribution in [0.5, 0.6) is 0 Å². The van der Waals surface area contributed by atoms with Crippen LogP contribution in [0.4, 0.5) is 8.78 Å². The first kappa shape index (κ1) is 35.4. The third kappa shape index (κ3) is 5.06. The molecule has 1 heterocycles. The number of benzene rings is 1. The lowest BCUT2D eigenvalue weighted by molar-refractivity contribution is -0.231. The zero-order chi connectivity index (χ0) is 35.7. The Kier molecular flexibility index (Phi) is 9.00. The molecule has 3 saturated carbocycles. The first-order chi connectivity index (χ1) is 23.1. The van der Waals surface area contributed by atoms with Gasteiger partial charge in [0.2, 0.25) is 11.0 Å². The van der Waals surface area contributed by atoms with Crippen LogP contribution in [0, 0.1) is 34.5 Å². The van der Waals surface area contributed by atoms with Gasteiger partial charge in [0.15, 0.2) is 11.4 Å². The summed E-state index contributed by atoms with van der Waals surface area (Å²) in [6.07, 6.45) is 3.71. The fraction of sp³-hybridized carbons (Fsp3) is 0.595. The van der Waals surface area contributed by atoms with Crippen LogP contribution in [0.2, 0.25) is 0 Å². The standard InChI is InChI=1S/C37H45F2N3O6S/c1-6-31(45)48-37(33(47)49-19-38)21(3)13-27-26-11-10-24-15-28-23(16-34(24,4)36(26,39)30(44)17-35(27,37)5)18-41-42(28)25-9-7-8-22(14-25)29(43)12-20(2)32(40)46/h7-9,14-15,18,20-21,26-27,30,44H,6,10-13,16-17,19H2,1-5H3,(H2,40,46)/t20-,21+,26-,27-,30-,34-,35-,36-,37-/m0/s1. The van der Waals surface area contributed by atoms with Crippen LogP contribution in [0.15, 0.2) is 36.0 Å². The lowest BCUT2D eigenvalue weighted by Gasteiger charge is -2.63. The minimum atomic E-state index is -2.06. The topological polar surface area (TPSA) is 142 Å². The van der Waals surface area contributed by atoms with E-state index in [9.17, 15) is 28.7 Å². The Morgan fingerprint density at radius 1 is 1.22 bits per heavy atom. The molecular weight excluding hydrogens is 652 g/mol.